The first-order valence-corrected chi connectivity index (χ1v) is 14.2. The van der Waals surface area contributed by atoms with Gasteiger partial charge in [0.25, 0.3) is 12.1 Å². The molecule has 6 saturated carbocycles. The monoisotopic (exact) mass is 536 g/mol. The summed E-state index contributed by atoms with van der Waals surface area (Å²) in [6, 6.07) is -1.12. The lowest BCUT2D eigenvalue weighted by Gasteiger charge is -2.64. The Morgan fingerprint density at radius 2 is 1.53 bits per heavy atom. The molecule has 7 rings (SSSR count). The highest BCUT2D eigenvalue weighted by Crippen LogP contribution is 2.64. The van der Waals surface area contributed by atoms with Crippen LogP contribution >= 0.6 is 0 Å². The van der Waals surface area contributed by atoms with E-state index in [4.69, 9.17) is 9.47 Å². The Hall–Kier alpha value is -2.26. The Morgan fingerprint density at radius 3 is 2.03 bits per heavy atom. The van der Waals surface area contributed by atoms with Crippen LogP contribution in [0.3, 0.4) is 0 Å². The molecule has 1 aliphatic heterocycles. The Kier molecular flexibility index (Phi) is 5.72. The fraction of sp³-hybridized carbons (Fsp3) is 0.857. The zero-order valence-electron chi connectivity index (χ0n) is 22.4. The maximum absolute atomic E-state index is 15.3. The van der Waals surface area contributed by atoms with E-state index in [0.29, 0.717) is 34.4 Å². The number of rotatable bonds is 7. The fourth-order valence-corrected chi connectivity index (χ4v) is 9.75. The van der Waals surface area contributed by atoms with Gasteiger partial charge in [0.15, 0.2) is 6.42 Å². The number of nitrogens with zero attached hydrogens (tertiary/aromatic N) is 2. The Labute approximate surface area is 221 Å². The molecule has 7 aliphatic rings. The minimum Gasteiger partial charge on any atom is -0.455 e. The van der Waals surface area contributed by atoms with E-state index in [9.17, 15) is 19.4 Å². The van der Waals surface area contributed by atoms with Crippen LogP contribution in [0.1, 0.15) is 78.6 Å². The summed E-state index contributed by atoms with van der Waals surface area (Å²) in [6.45, 7) is 9.33. The van der Waals surface area contributed by atoms with Crippen LogP contribution in [0.25, 0.3) is 0 Å². The number of esters is 2. The zero-order valence-corrected chi connectivity index (χ0v) is 22.4. The molecule has 6 aliphatic carbocycles. The van der Waals surface area contributed by atoms with Crippen molar-refractivity contribution in [1.29, 1.82) is 0 Å². The van der Waals surface area contributed by atoms with Crippen molar-refractivity contribution in [2.24, 2.45) is 35.5 Å². The molecule has 0 spiro atoms. The molecule has 38 heavy (non-hydrogen) atoms. The van der Waals surface area contributed by atoms with Crippen molar-refractivity contribution in [2.45, 2.75) is 114 Å². The Morgan fingerprint density at radius 1 is 0.974 bits per heavy atom. The summed E-state index contributed by atoms with van der Waals surface area (Å²) in [5.41, 5.74) is -1.49. The van der Waals surface area contributed by atoms with Crippen LogP contribution in [0.2, 0.25) is 0 Å². The molecule has 10 heteroatoms. The zero-order chi connectivity index (χ0) is 27.4. The van der Waals surface area contributed by atoms with Crippen LogP contribution in [-0.2, 0) is 19.1 Å². The summed E-state index contributed by atoms with van der Waals surface area (Å²) < 4.78 is 43.6. The highest BCUT2D eigenvalue weighted by molar-refractivity contribution is 5.87. The van der Waals surface area contributed by atoms with Crippen molar-refractivity contribution in [3.05, 3.63) is 22.0 Å². The molecular weight excluding hydrogens is 498 g/mol. The number of alkyl halides is 2. The molecule has 0 radical (unpaired) electrons. The van der Waals surface area contributed by atoms with Gasteiger partial charge in [-0.05, 0) is 70.1 Å². The first kappa shape index (κ1) is 26.0. The summed E-state index contributed by atoms with van der Waals surface area (Å²) in [4.78, 5) is 51.4. The van der Waals surface area contributed by atoms with Crippen molar-refractivity contribution < 1.29 is 37.4 Å². The molecule has 208 valence electrons. The smallest absolute Gasteiger partial charge is 0.438 e. The quantitative estimate of drug-likeness (QED) is 0.266. The number of nitroso groups, excluding NO2 is 2. The SMILES string of the molecule is C=C(C)C(=O)OC1(C(C)C)C2CC3CC1CC(OC(=O)C(F)(F)CC1[N+](=O)C4C5CCC(C5)C4[N+]1=O)(C3)C2. The standard InChI is InChI=1S/C28H38F2N2O6/c1-14(2)24(33)37-28(15(3)4)19-7-16-8-20(28)12-26(10-16,11-19)38-25(34)27(29,30)13-21-31(35)22-17-5-6-18(9-17)23(22)32(21)36/h15-23H,1,5-13H2,2-4H3/q+2. The molecule has 6 atom stereocenters. The number of hydrogen-bond donors (Lipinski definition) is 0. The van der Waals surface area contributed by atoms with Crippen molar-refractivity contribution in [1.82, 2.24) is 0 Å². The maximum Gasteiger partial charge on any atom is 0.438 e. The molecule has 0 amide bonds. The summed E-state index contributed by atoms with van der Waals surface area (Å²) in [5.74, 6) is -5.97. The van der Waals surface area contributed by atoms with Crippen LogP contribution in [0.15, 0.2) is 12.2 Å². The second kappa shape index (κ2) is 8.37. The van der Waals surface area contributed by atoms with Gasteiger partial charge in [0.2, 0.25) is 0 Å². The van der Waals surface area contributed by atoms with Crippen molar-refractivity contribution >= 4 is 11.9 Å². The van der Waals surface area contributed by atoms with E-state index < -0.39 is 53.7 Å². The van der Waals surface area contributed by atoms with E-state index >= 15 is 8.78 Å². The van der Waals surface area contributed by atoms with Gasteiger partial charge in [0, 0.05) is 39.1 Å². The number of fused-ring (bicyclic) bond motifs is 5. The van der Waals surface area contributed by atoms with E-state index in [1.165, 1.54) is 0 Å². The van der Waals surface area contributed by atoms with E-state index in [1.807, 2.05) is 13.8 Å². The van der Waals surface area contributed by atoms with Gasteiger partial charge in [0.1, 0.15) is 11.2 Å². The average Bonchev–Trinajstić information content (AvgIpc) is 3.50. The maximum atomic E-state index is 15.3. The molecule has 1 heterocycles. The van der Waals surface area contributed by atoms with Crippen LogP contribution in [0.4, 0.5) is 8.78 Å². The first-order chi connectivity index (χ1) is 17.8. The first-order valence-electron chi connectivity index (χ1n) is 14.2. The van der Waals surface area contributed by atoms with Gasteiger partial charge in [-0.15, -0.1) is 0 Å². The summed E-state index contributed by atoms with van der Waals surface area (Å²) in [5, 5.41) is 0. The minimum absolute atomic E-state index is 0.00169. The van der Waals surface area contributed by atoms with Gasteiger partial charge in [-0.2, -0.15) is 8.78 Å². The van der Waals surface area contributed by atoms with Crippen LogP contribution in [0, 0.1) is 45.3 Å². The lowest BCUT2D eigenvalue weighted by atomic mass is 9.46. The molecule has 7 fully saturated rings. The molecule has 0 aromatic heterocycles. The summed E-state index contributed by atoms with van der Waals surface area (Å²) in [6.07, 6.45) is 2.51. The molecule has 6 bridgehead atoms. The van der Waals surface area contributed by atoms with Gasteiger partial charge >= 0.3 is 24.0 Å². The number of halogens is 2. The van der Waals surface area contributed by atoms with Gasteiger partial charge in [-0.1, -0.05) is 20.4 Å². The molecule has 0 N–H and O–H groups in total. The average molecular weight is 537 g/mol. The van der Waals surface area contributed by atoms with Gasteiger partial charge in [-0.25, -0.2) is 9.59 Å². The second-order valence-corrected chi connectivity index (χ2v) is 13.5. The third kappa shape index (κ3) is 3.56. The van der Waals surface area contributed by atoms with E-state index in [0.717, 1.165) is 32.1 Å². The van der Waals surface area contributed by atoms with Crippen LogP contribution < -0.4 is 0 Å². The van der Waals surface area contributed by atoms with Crippen LogP contribution in [0.5, 0.6) is 0 Å². The van der Waals surface area contributed by atoms with Crippen molar-refractivity contribution in [3.8, 4) is 0 Å². The van der Waals surface area contributed by atoms with E-state index in [-0.39, 0.29) is 35.5 Å². The van der Waals surface area contributed by atoms with Crippen molar-refractivity contribution in [2.75, 3.05) is 0 Å². The second-order valence-electron chi connectivity index (χ2n) is 13.5. The van der Waals surface area contributed by atoms with Gasteiger partial charge in [0.05, 0.1) is 9.52 Å². The molecule has 6 unspecified atom stereocenters. The number of ether oxygens (including phenoxy) is 2. The normalized spacial score (nSPS) is 44.6. The van der Waals surface area contributed by atoms with Gasteiger partial charge in [-0.3, -0.25) is 0 Å². The third-order valence-electron chi connectivity index (χ3n) is 11.0. The van der Waals surface area contributed by atoms with Crippen molar-refractivity contribution in [3.63, 3.8) is 0 Å². The topological polar surface area (TPSA) is 92.8 Å². The predicted octanol–water partition coefficient (Wildman–Crippen LogP) is 4.71. The fourth-order valence-electron chi connectivity index (χ4n) is 9.75. The molecule has 0 aromatic carbocycles. The summed E-state index contributed by atoms with van der Waals surface area (Å²) in [7, 11) is 0. The largest absolute Gasteiger partial charge is 0.455 e. The van der Waals surface area contributed by atoms with Crippen LogP contribution in [-0.4, -0.2) is 56.8 Å². The lowest BCUT2D eigenvalue weighted by molar-refractivity contribution is -0.748. The lowest BCUT2D eigenvalue weighted by Crippen LogP contribution is -2.68. The van der Waals surface area contributed by atoms with Gasteiger partial charge < -0.3 is 9.47 Å². The summed E-state index contributed by atoms with van der Waals surface area (Å²) >= 11 is 0. The highest BCUT2D eigenvalue weighted by atomic mass is 19.3. The van der Waals surface area contributed by atoms with E-state index in [2.05, 4.69) is 6.58 Å². The minimum atomic E-state index is -3.96. The highest BCUT2D eigenvalue weighted by Gasteiger charge is 2.76. The molecule has 0 aromatic rings. The van der Waals surface area contributed by atoms with E-state index in [1.54, 1.807) is 6.92 Å². The number of hydrogen-bond acceptors (Lipinski definition) is 6. The molecule has 8 nitrogen and oxygen atoms in total. The molecule has 1 saturated heterocycles. The predicted molar refractivity (Wildman–Crippen MR) is 130 cm³/mol. The number of carbonyl (C=O) groups is 2. The third-order valence-corrected chi connectivity index (χ3v) is 11.0. The number of carbonyl (C=O) groups excluding carboxylic acids is 2. The molecular formula is C28H38F2N2O6+2. The Balaban J connectivity index is 1.18. The Bertz CT molecular complexity index is 1080.